The van der Waals surface area contributed by atoms with E-state index in [1.54, 1.807) is 30.5 Å². The Morgan fingerprint density at radius 1 is 1.25 bits per heavy atom. The van der Waals surface area contributed by atoms with Gasteiger partial charge in [-0.1, -0.05) is 28.8 Å². The molecular formula is C12H9ClN4O2S. The van der Waals surface area contributed by atoms with E-state index in [2.05, 4.69) is 15.2 Å². The molecule has 1 aromatic carbocycles. The third-order valence-corrected chi connectivity index (χ3v) is 4.22. The second-order valence-electron chi connectivity index (χ2n) is 4.04. The zero-order valence-corrected chi connectivity index (χ0v) is 11.7. The molecule has 2 heterocycles. The summed E-state index contributed by atoms with van der Waals surface area (Å²) in [6.07, 6.45) is 3.07. The normalized spacial score (nSPS) is 12.7. The summed E-state index contributed by atoms with van der Waals surface area (Å²) in [5.74, 6) is -0.00794. The van der Waals surface area contributed by atoms with Gasteiger partial charge in [-0.05, 0) is 12.1 Å². The predicted molar refractivity (Wildman–Crippen MR) is 74.0 cm³/mol. The number of hydrogen-bond acceptors (Lipinski definition) is 5. The third kappa shape index (κ3) is 2.43. The second kappa shape index (κ2) is 5.28. The highest BCUT2D eigenvalue weighted by Crippen LogP contribution is 2.20. The number of hydrogen-bond donors (Lipinski definition) is 1. The highest BCUT2D eigenvalue weighted by molar-refractivity contribution is 7.90. The fourth-order valence-corrected chi connectivity index (χ4v) is 3.01. The number of aromatic hydroxyl groups is 1. The van der Waals surface area contributed by atoms with Gasteiger partial charge in [0.25, 0.3) is 5.88 Å². The van der Waals surface area contributed by atoms with Crippen LogP contribution in [0.2, 0.25) is 5.02 Å². The number of halogens is 1. The predicted octanol–water partition coefficient (Wildman–Crippen LogP) is 1.79. The zero-order chi connectivity index (χ0) is 14.1. The van der Waals surface area contributed by atoms with E-state index in [1.807, 2.05) is 0 Å². The summed E-state index contributed by atoms with van der Waals surface area (Å²) >= 11 is 4.40. The summed E-state index contributed by atoms with van der Waals surface area (Å²) in [6, 6.07) is 7.09. The molecule has 3 rings (SSSR count). The Bertz CT molecular complexity index is 747. The quantitative estimate of drug-likeness (QED) is 0.745. The number of rotatable bonds is 3. The second-order valence-corrected chi connectivity index (χ2v) is 5.82. The molecule has 0 aliphatic carbocycles. The van der Waals surface area contributed by atoms with E-state index in [0.29, 0.717) is 5.02 Å². The molecule has 0 saturated carbocycles. The molecule has 0 spiro atoms. The van der Waals surface area contributed by atoms with Gasteiger partial charge in [-0.3, -0.25) is 0 Å². The van der Waals surface area contributed by atoms with E-state index in [0.717, 1.165) is 5.56 Å². The molecule has 0 bridgehead atoms. The van der Waals surface area contributed by atoms with Gasteiger partial charge in [0.05, 0.1) is 0 Å². The van der Waals surface area contributed by atoms with Gasteiger partial charge in [0.1, 0.15) is 5.75 Å². The van der Waals surface area contributed by atoms with Crippen molar-refractivity contribution in [2.75, 3.05) is 0 Å². The summed E-state index contributed by atoms with van der Waals surface area (Å²) in [6.45, 7) is 0. The maximum atomic E-state index is 12.4. The van der Waals surface area contributed by atoms with Gasteiger partial charge in [-0.15, -0.1) is 5.10 Å². The van der Waals surface area contributed by atoms with Crippen molar-refractivity contribution in [2.24, 2.45) is 0 Å². The topological polar surface area (TPSA) is 86.4 Å². The summed E-state index contributed by atoms with van der Waals surface area (Å²) < 4.78 is 13.8. The van der Waals surface area contributed by atoms with Gasteiger partial charge < -0.3 is 9.66 Å². The lowest BCUT2D eigenvalue weighted by atomic mass is 10.2. The lowest BCUT2D eigenvalue weighted by Crippen LogP contribution is -2.13. The van der Waals surface area contributed by atoms with Crippen molar-refractivity contribution in [1.82, 2.24) is 19.6 Å². The Balaban J connectivity index is 1.92. The van der Waals surface area contributed by atoms with Gasteiger partial charge in [-0.2, -0.15) is 0 Å². The smallest absolute Gasteiger partial charge is 0.348 e. The molecule has 1 unspecified atom stereocenters. The van der Waals surface area contributed by atoms with Crippen LogP contribution in [-0.2, 0) is 16.9 Å². The first-order chi connectivity index (χ1) is 9.65. The van der Waals surface area contributed by atoms with Crippen LogP contribution in [0.4, 0.5) is 0 Å². The van der Waals surface area contributed by atoms with Gasteiger partial charge >= 0.3 is 5.16 Å². The molecular weight excluding hydrogens is 300 g/mol. The highest BCUT2D eigenvalue weighted by Gasteiger charge is 2.20. The average molecular weight is 309 g/mol. The van der Waals surface area contributed by atoms with Crippen LogP contribution in [0.5, 0.6) is 5.88 Å². The van der Waals surface area contributed by atoms with Gasteiger partial charge in [0.2, 0.25) is 5.65 Å². The Hall–Kier alpha value is -1.83. The van der Waals surface area contributed by atoms with Crippen molar-refractivity contribution in [3.63, 3.8) is 0 Å². The minimum atomic E-state index is -1.41. The molecule has 0 radical (unpaired) electrons. The summed E-state index contributed by atoms with van der Waals surface area (Å²) in [5.41, 5.74) is 1.11. The molecule has 3 aromatic rings. The monoisotopic (exact) mass is 308 g/mol. The van der Waals surface area contributed by atoms with Crippen LogP contribution in [0.3, 0.4) is 0 Å². The van der Waals surface area contributed by atoms with E-state index in [-0.39, 0.29) is 22.4 Å². The molecule has 0 saturated heterocycles. The van der Waals surface area contributed by atoms with Gasteiger partial charge in [0.15, 0.2) is 0 Å². The van der Waals surface area contributed by atoms with Gasteiger partial charge in [0, 0.05) is 34.2 Å². The maximum absolute atomic E-state index is 12.4. The first-order valence-corrected chi connectivity index (χ1v) is 7.36. The van der Waals surface area contributed by atoms with Crippen molar-refractivity contribution in [3.8, 4) is 5.88 Å². The molecule has 0 amide bonds. The molecule has 20 heavy (non-hydrogen) atoms. The zero-order valence-electron chi connectivity index (χ0n) is 10.1. The molecule has 102 valence electrons. The van der Waals surface area contributed by atoms with Crippen molar-refractivity contribution < 1.29 is 9.66 Å². The van der Waals surface area contributed by atoms with Crippen LogP contribution in [0, 0.1) is 0 Å². The van der Waals surface area contributed by atoms with E-state index in [4.69, 9.17) is 11.6 Å². The minimum absolute atomic E-state index is 0.236. The van der Waals surface area contributed by atoms with Crippen LogP contribution >= 0.6 is 11.6 Å². The van der Waals surface area contributed by atoms with Crippen LogP contribution in [-0.4, -0.2) is 29.2 Å². The minimum Gasteiger partial charge on any atom is -0.609 e. The lowest BCUT2D eigenvalue weighted by molar-refractivity contribution is 0.439. The molecule has 8 heteroatoms. The standard InChI is InChI=1S/C12H9ClN4O2S/c13-9-3-1-8(2-4-9)7-20(19)12-16-15-11(18)10-14-5-6-17(10)12/h1-6H,7H2,(H,15,18). The fourth-order valence-electron chi connectivity index (χ4n) is 1.76. The molecule has 0 aliphatic heterocycles. The van der Waals surface area contributed by atoms with Crippen molar-refractivity contribution in [3.05, 3.63) is 47.2 Å². The Labute approximate surface area is 122 Å². The number of nitrogens with zero attached hydrogens (tertiary/aromatic N) is 4. The summed E-state index contributed by atoms with van der Waals surface area (Å²) in [4.78, 5) is 3.94. The van der Waals surface area contributed by atoms with Crippen LogP contribution in [0.25, 0.3) is 5.65 Å². The first kappa shape index (κ1) is 13.2. The molecule has 1 N–H and O–H groups in total. The van der Waals surface area contributed by atoms with E-state index >= 15 is 0 Å². The summed E-state index contributed by atoms with van der Waals surface area (Å²) in [7, 11) is 0. The summed E-state index contributed by atoms with van der Waals surface area (Å²) in [5, 5.41) is 17.7. The van der Waals surface area contributed by atoms with E-state index in [1.165, 1.54) is 10.6 Å². The third-order valence-electron chi connectivity index (χ3n) is 2.69. The molecule has 2 aromatic heterocycles. The Morgan fingerprint density at radius 2 is 2.00 bits per heavy atom. The van der Waals surface area contributed by atoms with Crippen LogP contribution < -0.4 is 0 Å². The SMILES string of the molecule is [O-][S+](Cc1ccc(Cl)cc1)c1nnc(O)c2nccn12. The average Bonchev–Trinajstić information content (AvgIpc) is 2.92. The van der Waals surface area contributed by atoms with Crippen LogP contribution in [0.15, 0.2) is 41.8 Å². The van der Waals surface area contributed by atoms with Crippen molar-refractivity contribution in [1.29, 1.82) is 0 Å². The number of benzene rings is 1. The van der Waals surface area contributed by atoms with Gasteiger partial charge in [-0.25, -0.2) is 9.38 Å². The Morgan fingerprint density at radius 3 is 2.75 bits per heavy atom. The first-order valence-electron chi connectivity index (χ1n) is 5.66. The van der Waals surface area contributed by atoms with E-state index in [9.17, 15) is 9.66 Å². The van der Waals surface area contributed by atoms with Crippen molar-refractivity contribution >= 4 is 28.4 Å². The largest absolute Gasteiger partial charge is 0.609 e. The number of imidazole rings is 1. The molecule has 0 fully saturated rings. The fraction of sp³-hybridized carbons (Fsp3) is 0.0833. The van der Waals surface area contributed by atoms with Crippen LogP contribution in [0.1, 0.15) is 5.56 Å². The number of fused-ring (bicyclic) bond motifs is 1. The van der Waals surface area contributed by atoms with E-state index < -0.39 is 11.2 Å². The van der Waals surface area contributed by atoms with Crippen molar-refractivity contribution in [2.45, 2.75) is 10.9 Å². The number of aromatic nitrogens is 4. The molecule has 0 aliphatic rings. The highest BCUT2D eigenvalue weighted by atomic mass is 35.5. The lowest BCUT2D eigenvalue weighted by Gasteiger charge is -2.10. The molecule has 1 atom stereocenters. The maximum Gasteiger partial charge on any atom is 0.348 e. The molecule has 6 nitrogen and oxygen atoms in total. The Kier molecular flexibility index (Phi) is 3.47.